The molecule has 16 heavy (non-hydrogen) atoms. The average molecular weight is 242 g/mol. The van der Waals surface area contributed by atoms with Gasteiger partial charge in [-0.2, -0.15) is 0 Å². The van der Waals surface area contributed by atoms with Crippen molar-refractivity contribution in [3.8, 4) is 0 Å². The van der Waals surface area contributed by atoms with E-state index in [4.69, 9.17) is 11.6 Å². The maximum absolute atomic E-state index is 13.3. The summed E-state index contributed by atoms with van der Waals surface area (Å²) < 4.78 is 13.3. The number of rotatable bonds is 6. The first-order chi connectivity index (χ1) is 7.70. The van der Waals surface area contributed by atoms with Crippen molar-refractivity contribution >= 4 is 11.6 Å². The van der Waals surface area contributed by atoms with Gasteiger partial charge in [-0.1, -0.05) is 36.7 Å². The van der Waals surface area contributed by atoms with Crippen molar-refractivity contribution in [3.63, 3.8) is 0 Å². The molecule has 0 aliphatic heterocycles. The lowest BCUT2D eigenvalue weighted by atomic mass is 10.0. The molecule has 1 aromatic carbocycles. The first-order valence-electron chi connectivity index (χ1n) is 5.48. The summed E-state index contributed by atoms with van der Waals surface area (Å²) >= 11 is 5.96. The highest BCUT2D eigenvalue weighted by Crippen LogP contribution is 2.28. The van der Waals surface area contributed by atoms with Crippen molar-refractivity contribution < 1.29 is 4.39 Å². The molecule has 1 unspecified atom stereocenters. The van der Waals surface area contributed by atoms with E-state index in [1.165, 1.54) is 6.07 Å². The Balaban J connectivity index is 2.90. The summed E-state index contributed by atoms with van der Waals surface area (Å²) in [5.74, 6) is -0.360. The molecule has 1 rings (SSSR count). The molecule has 0 aliphatic carbocycles. The molecule has 1 aromatic rings. The van der Waals surface area contributed by atoms with Crippen LogP contribution in [0.5, 0.6) is 0 Å². The normalized spacial score (nSPS) is 12.4. The van der Waals surface area contributed by atoms with Crippen molar-refractivity contribution in [2.75, 3.05) is 6.54 Å². The molecule has 0 bridgehead atoms. The molecule has 0 aromatic heterocycles. The minimum absolute atomic E-state index is 0.0891. The maximum Gasteiger partial charge on any atom is 0.142 e. The zero-order chi connectivity index (χ0) is 12.0. The second-order valence-corrected chi connectivity index (χ2v) is 4.00. The van der Waals surface area contributed by atoms with Gasteiger partial charge in [0.2, 0.25) is 0 Å². The Bertz CT molecular complexity index is 352. The van der Waals surface area contributed by atoms with E-state index in [1.54, 1.807) is 6.07 Å². The van der Waals surface area contributed by atoms with E-state index in [0.717, 1.165) is 24.9 Å². The third kappa shape index (κ3) is 3.32. The van der Waals surface area contributed by atoms with Crippen LogP contribution in [0.15, 0.2) is 30.9 Å². The minimum atomic E-state index is -0.360. The van der Waals surface area contributed by atoms with E-state index < -0.39 is 0 Å². The summed E-state index contributed by atoms with van der Waals surface area (Å²) in [4.78, 5) is 0. The first-order valence-corrected chi connectivity index (χ1v) is 5.86. The summed E-state index contributed by atoms with van der Waals surface area (Å²) in [6.45, 7) is 6.54. The van der Waals surface area contributed by atoms with E-state index in [9.17, 15) is 4.39 Å². The van der Waals surface area contributed by atoms with Crippen LogP contribution in [0.2, 0.25) is 5.02 Å². The quantitative estimate of drug-likeness (QED) is 0.740. The average Bonchev–Trinajstić information content (AvgIpc) is 2.28. The maximum atomic E-state index is 13.3. The van der Waals surface area contributed by atoms with Crippen molar-refractivity contribution in [2.45, 2.75) is 25.8 Å². The Morgan fingerprint density at radius 1 is 1.56 bits per heavy atom. The highest BCUT2D eigenvalue weighted by Gasteiger charge is 2.15. The molecule has 0 radical (unpaired) electrons. The van der Waals surface area contributed by atoms with Crippen molar-refractivity contribution in [1.29, 1.82) is 0 Å². The van der Waals surface area contributed by atoms with E-state index in [2.05, 4.69) is 11.9 Å². The van der Waals surface area contributed by atoms with Gasteiger partial charge in [-0.25, -0.2) is 4.39 Å². The third-order valence-electron chi connectivity index (χ3n) is 2.47. The number of hydrogen-bond acceptors (Lipinski definition) is 1. The summed E-state index contributed by atoms with van der Waals surface area (Å²) in [7, 11) is 0. The van der Waals surface area contributed by atoms with E-state index in [-0.39, 0.29) is 16.9 Å². The van der Waals surface area contributed by atoms with E-state index in [1.807, 2.05) is 19.1 Å². The van der Waals surface area contributed by atoms with Gasteiger partial charge in [-0.3, -0.25) is 0 Å². The van der Waals surface area contributed by atoms with Crippen LogP contribution >= 0.6 is 11.6 Å². The Morgan fingerprint density at radius 3 is 2.94 bits per heavy atom. The second-order valence-electron chi connectivity index (χ2n) is 3.62. The molecule has 0 spiro atoms. The van der Waals surface area contributed by atoms with Gasteiger partial charge in [-0.05, 0) is 31.0 Å². The van der Waals surface area contributed by atoms with Crippen LogP contribution < -0.4 is 5.32 Å². The van der Waals surface area contributed by atoms with Gasteiger partial charge >= 0.3 is 0 Å². The monoisotopic (exact) mass is 241 g/mol. The van der Waals surface area contributed by atoms with Gasteiger partial charge in [0.05, 0.1) is 5.02 Å². The van der Waals surface area contributed by atoms with E-state index in [0.29, 0.717) is 0 Å². The van der Waals surface area contributed by atoms with Gasteiger partial charge in [-0.15, -0.1) is 6.58 Å². The minimum Gasteiger partial charge on any atom is -0.310 e. The van der Waals surface area contributed by atoms with Crippen LogP contribution in [-0.4, -0.2) is 6.54 Å². The molecule has 88 valence electrons. The number of allylic oxidation sites excluding steroid dienone is 1. The molecule has 0 heterocycles. The number of benzene rings is 1. The van der Waals surface area contributed by atoms with Crippen LogP contribution in [0.1, 0.15) is 31.4 Å². The van der Waals surface area contributed by atoms with Gasteiger partial charge < -0.3 is 5.32 Å². The van der Waals surface area contributed by atoms with Crippen LogP contribution in [0, 0.1) is 5.82 Å². The SMILES string of the molecule is C=CCCC(NCC)c1cccc(F)c1Cl. The topological polar surface area (TPSA) is 12.0 Å². The largest absolute Gasteiger partial charge is 0.310 e. The Kier molecular flexibility index (Phi) is 5.50. The fourth-order valence-corrected chi connectivity index (χ4v) is 1.95. The summed E-state index contributed by atoms with van der Waals surface area (Å²) in [6, 6.07) is 5.02. The zero-order valence-electron chi connectivity index (χ0n) is 9.47. The molecule has 0 amide bonds. The Labute approximate surface area is 101 Å². The summed E-state index contributed by atoms with van der Waals surface area (Å²) in [5, 5.41) is 3.52. The summed E-state index contributed by atoms with van der Waals surface area (Å²) in [6.07, 6.45) is 3.61. The lowest BCUT2D eigenvalue weighted by Crippen LogP contribution is -2.21. The lowest BCUT2D eigenvalue weighted by Gasteiger charge is -2.19. The van der Waals surface area contributed by atoms with Crippen LogP contribution in [0.3, 0.4) is 0 Å². The fraction of sp³-hybridized carbons (Fsp3) is 0.385. The van der Waals surface area contributed by atoms with Crippen molar-refractivity contribution in [2.24, 2.45) is 0 Å². The van der Waals surface area contributed by atoms with Gasteiger partial charge in [0, 0.05) is 6.04 Å². The highest BCUT2D eigenvalue weighted by atomic mass is 35.5. The van der Waals surface area contributed by atoms with Crippen molar-refractivity contribution in [1.82, 2.24) is 5.32 Å². The van der Waals surface area contributed by atoms with Crippen LogP contribution in [0.4, 0.5) is 4.39 Å². The van der Waals surface area contributed by atoms with Crippen LogP contribution in [0.25, 0.3) is 0 Å². The number of halogens is 2. The number of nitrogens with one attached hydrogen (secondary N) is 1. The molecule has 0 fully saturated rings. The van der Waals surface area contributed by atoms with Crippen molar-refractivity contribution in [3.05, 3.63) is 47.3 Å². The third-order valence-corrected chi connectivity index (χ3v) is 2.87. The predicted molar refractivity (Wildman–Crippen MR) is 67.3 cm³/mol. The van der Waals surface area contributed by atoms with E-state index >= 15 is 0 Å². The molecule has 0 aliphatic rings. The molecule has 0 saturated heterocycles. The molecule has 1 N–H and O–H groups in total. The molecule has 3 heteroatoms. The Morgan fingerprint density at radius 2 is 2.31 bits per heavy atom. The highest BCUT2D eigenvalue weighted by molar-refractivity contribution is 6.31. The lowest BCUT2D eigenvalue weighted by molar-refractivity contribution is 0.515. The fourth-order valence-electron chi connectivity index (χ4n) is 1.69. The first kappa shape index (κ1) is 13.2. The predicted octanol–water partition coefficient (Wildman–Crippen LogP) is 4.10. The molecule has 1 nitrogen and oxygen atoms in total. The van der Waals surface area contributed by atoms with Gasteiger partial charge in [0.15, 0.2) is 0 Å². The molecule has 0 saturated carbocycles. The smallest absolute Gasteiger partial charge is 0.142 e. The van der Waals surface area contributed by atoms with Gasteiger partial charge in [0.25, 0.3) is 0 Å². The van der Waals surface area contributed by atoms with Gasteiger partial charge in [0.1, 0.15) is 5.82 Å². The zero-order valence-corrected chi connectivity index (χ0v) is 10.2. The molecular formula is C13H17ClFN. The second kappa shape index (κ2) is 6.66. The van der Waals surface area contributed by atoms with Crippen LogP contribution in [-0.2, 0) is 0 Å². The Hall–Kier alpha value is -0.860. The standard InChI is InChI=1S/C13H17ClFN/c1-3-5-9-12(16-4-2)10-7-6-8-11(15)13(10)14/h3,6-8,12,16H,1,4-5,9H2,2H3. The summed E-state index contributed by atoms with van der Waals surface area (Å²) in [5.41, 5.74) is 0.824. The molecule has 1 atom stereocenters. The number of hydrogen-bond donors (Lipinski definition) is 1. The molecular weight excluding hydrogens is 225 g/mol.